The molecule has 4 rings (SSSR count). The highest BCUT2D eigenvalue weighted by atomic mass is 14.9. The maximum Gasteiger partial charge on any atom is 0.117 e. The number of fused-ring (bicyclic) bond motifs is 1. The quantitative estimate of drug-likeness (QED) is 0.551. The Kier molecular flexibility index (Phi) is 3.50. The molecule has 3 aromatic heterocycles. The molecule has 4 nitrogen and oxygen atoms in total. The lowest BCUT2D eigenvalue weighted by Gasteiger charge is -2.10. The van der Waals surface area contributed by atoms with Gasteiger partial charge in [0, 0.05) is 11.4 Å². The first-order valence-corrected chi connectivity index (χ1v) is 7.85. The minimum absolute atomic E-state index is 0.760. The van der Waals surface area contributed by atoms with Gasteiger partial charge in [-0.25, -0.2) is 9.97 Å². The summed E-state index contributed by atoms with van der Waals surface area (Å²) in [6, 6.07) is 19.7. The number of nitrogens with zero attached hydrogens (tertiary/aromatic N) is 4. The van der Waals surface area contributed by atoms with Crippen molar-refractivity contribution in [3.05, 3.63) is 72.1 Å². The number of rotatable bonds is 2. The molecule has 0 spiro atoms. The van der Waals surface area contributed by atoms with Gasteiger partial charge in [-0.15, -0.1) is 0 Å². The number of pyridine rings is 2. The van der Waals surface area contributed by atoms with E-state index in [0.717, 1.165) is 45.2 Å². The van der Waals surface area contributed by atoms with Gasteiger partial charge in [0.25, 0.3) is 0 Å². The van der Waals surface area contributed by atoms with Crippen LogP contribution in [0.15, 0.2) is 60.7 Å². The summed E-state index contributed by atoms with van der Waals surface area (Å²) in [5.41, 5.74) is 6.75. The molecule has 0 fully saturated rings. The average molecular weight is 312 g/mol. The molecule has 4 heteroatoms. The molecule has 0 bridgehead atoms. The molecule has 1 aromatic carbocycles. The molecule has 0 aliphatic rings. The van der Waals surface area contributed by atoms with Gasteiger partial charge in [-0.1, -0.05) is 24.3 Å². The van der Waals surface area contributed by atoms with Gasteiger partial charge in [0.05, 0.1) is 22.4 Å². The molecule has 24 heavy (non-hydrogen) atoms. The normalized spacial score (nSPS) is 10.9. The Balaban J connectivity index is 2.04. The summed E-state index contributed by atoms with van der Waals surface area (Å²) in [6.07, 6.45) is 0. The first kappa shape index (κ1) is 14.5. The van der Waals surface area contributed by atoms with Crippen molar-refractivity contribution in [1.29, 1.82) is 0 Å². The molecule has 0 radical (unpaired) electrons. The van der Waals surface area contributed by atoms with Crippen LogP contribution >= 0.6 is 0 Å². The molecular formula is C20H16N4. The highest BCUT2D eigenvalue weighted by Gasteiger charge is 2.15. The zero-order chi connectivity index (χ0) is 16.5. The minimum atomic E-state index is 0.760. The van der Waals surface area contributed by atoms with Crippen molar-refractivity contribution in [3.8, 4) is 22.8 Å². The smallest absolute Gasteiger partial charge is 0.117 e. The zero-order valence-electron chi connectivity index (χ0n) is 13.6. The van der Waals surface area contributed by atoms with E-state index >= 15 is 0 Å². The molecule has 0 amide bonds. The highest BCUT2D eigenvalue weighted by Crippen LogP contribution is 2.29. The van der Waals surface area contributed by atoms with E-state index in [9.17, 15) is 0 Å². The molecule has 4 aromatic rings. The monoisotopic (exact) mass is 312 g/mol. The second kappa shape index (κ2) is 5.81. The summed E-state index contributed by atoms with van der Waals surface area (Å²) in [5, 5.41) is 0. The van der Waals surface area contributed by atoms with Crippen molar-refractivity contribution in [1.82, 2.24) is 19.9 Å². The number of aryl methyl sites for hydroxylation is 2. The second-order valence-corrected chi connectivity index (χ2v) is 5.74. The lowest BCUT2D eigenvalue weighted by molar-refractivity contribution is 1.15. The molecule has 116 valence electrons. The number of para-hydroxylation sites is 2. The van der Waals surface area contributed by atoms with Crippen LogP contribution in [0, 0.1) is 13.8 Å². The van der Waals surface area contributed by atoms with Crippen molar-refractivity contribution in [3.63, 3.8) is 0 Å². The fourth-order valence-electron chi connectivity index (χ4n) is 2.71. The Morgan fingerprint density at radius 1 is 0.500 bits per heavy atom. The summed E-state index contributed by atoms with van der Waals surface area (Å²) < 4.78 is 0. The maximum atomic E-state index is 4.83. The summed E-state index contributed by atoms with van der Waals surface area (Å²) in [7, 11) is 0. The van der Waals surface area contributed by atoms with Crippen LogP contribution in [0.25, 0.3) is 33.8 Å². The van der Waals surface area contributed by atoms with E-state index in [0.29, 0.717) is 0 Å². The van der Waals surface area contributed by atoms with Crippen molar-refractivity contribution >= 4 is 11.0 Å². The molecule has 0 atom stereocenters. The lowest BCUT2D eigenvalue weighted by atomic mass is 10.1. The van der Waals surface area contributed by atoms with Gasteiger partial charge < -0.3 is 0 Å². The molecule has 0 saturated carbocycles. The van der Waals surface area contributed by atoms with E-state index in [1.165, 1.54) is 0 Å². The van der Waals surface area contributed by atoms with Gasteiger partial charge in [0.2, 0.25) is 0 Å². The fourth-order valence-corrected chi connectivity index (χ4v) is 2.71. The maximum absolute atomic E-state index is 4.83. The first-order valence-electron chi connectivity index (χ1n) is 7.85. The molecule has 3 heterocycles. The topological polar surface area (TPSA) is 51.6 Å². The Morgan fingerprint density at radius 2 is 0.958 bits per heavy atom. The molecule has 0 saturated heterocycles. The number of benzene rings is 1. The lowest BCUT2D eigenvalue weighted by Crippen LogP contribution is -1.99. The van der Waals surface area contributed by atoms with E-state index in [1.54, 1.807) is 0 Å². The van der Waals surface area contributed by atoms with Crippen LogP contribution < -0.4 is 0 Å². The largest absolute Gasteiger partial charge is 0.251 e. The predicted molar refractivity (Wildman–Crippen MR) is 95.5 cm³/mol. The van der Waals surface area contributed by atoms with Crippen molar-refractivity contribution in [2.45, 2.75) is 13.8 Å². The number of hydrogen-bond donors (Lipinski definition) is 0. The van der Waals surface area contributed by atoms with Crippen molar-refractivity contribution in [2.24, 2.45) is 0 Å². The Labute approximate surface area is 140 Å². The van der Waals surface area contributed by atoms with Crippen LogP contribution in [0.1, 0.15) is 11.4 Å². The van der Waals surface area contributed by atoms with Crippen LogP contribution in [0.4, 0.5) is 0 Å². The van der Waals surface area contributed by atoms with E-state index in [4.69, 9.17) is 9.97 Å². The van der Waals surface area contributed by atoms with Gasteiger partial charge in [0.15, 0.2) is 0 Å². The third-order valence-electron chi connectivity index (χ3n) is 3.83. The number of aromatic nitrogens is 4. The van der Waals surface area contributed by atoms with Gasteiger partial charge in [0.1, 0.15) is 11.4 Å². The van der Waals surface area contributed by atoms with Gasteiger partial charge in [-0.2, -0.15) is 0 Å². The Bertz CT molecular complexity index is 956. The molecule has 0 N–H and O–H groups in total. The summed E-state index contributed by atoms with van der Waals surface area (Å²) in [4.78, 5) is 18.9. The van der Waals surface area contributed by atoms with Crippen LogP contribution in [0.3, 0.4) is 0 Å². The third kappa shape index (κ3) is 2.63. The van der Waals surface area contributed by atoms with Crippen LogP contribution in [-0.4, -0.2) is 19.9 Å². The van der Waals surface area contributed by atoms with E-state index in [2.05, 4.69) is 9.97 Å². The zero-order valence-corrected chi connectivity index (χ0v) is 13.6. The molecule has 0 aliphatic heterocycles. The van der Waals surface area contributed by atoms with E-state index in [1.807, 2.05) is 74.5 Å². The predicted octanol–water partition coefficient (Wildman–Crippen LogP) is 4.37. The minimum Gasteiger partial charge on any atom is -0.251 e. The Hall–Kier alpha value is -3.14. The Morgan fingerprint density at radius 3 is 1.38 bits per heavy atom. The van der Waals surface area contributed by atoms with E-state index in [-0.39, 0.29) is 0 Å². The van der Waals surface area contributed by atoms with Crippen LogP contribution in [0.2, 0.25) is 0 Å². The van der Waals surface area contributed by atoms with Gasteiger partial charge >= 0.3 is 0 Å². The molecular weight excluding hydrogens is 296 g/mol. The molecule has 0 aliphatic carbocycles. The highest BCUT2D eigenvalue weighted by molar-refractivity contribution is 5.84. The van der Waals surface area contributed by atoms with Crippen LogP contribution in [0.5, 0.6) is 0 Å². The average Bonchev–Trinajstić information content (AvgIpc) is 2.60. The van der Waals surface area contributed by atoms with Gasteiger partial charge in [-0.05, 0) is 50.2 Å². The number of hydrogen-bond acceptors (Lipinski definition) is 4. The summed E-state index contributed by atoms with van der Waals surface area (Å²) in [5.74, 6) is 0. The standard InChI is InChI=1S/C20H16N4/c1-13-7-5-11-17(21-13)19-20(18-12-6-8-14(2)22-18)24-16-10-4-3-9-15(16)23-19/h3-12H,1-2H3. The van der Waals surface area contributed by atoms with Crippen LogP contribution in [-0.2, 0) is 0 Å². The third-order valence-corrected chi connectivity index (χ3v) is 3.83. The van der Waals surface area contributed by atoms with Crippen molar-refractivity contribution < 1.29 is 0 Å². The van der Waals surface area contributed by atoms with Crippen molar-refractivity contribution in [2.75, 3.05) is 0 Å². The fraction of sp³-hybridized carbons (Fsp3) is 0.100. The molecule has 0 unspecified atom stereocenters. The van der Waals surface area contributed by atoms with E-state index < -0.39 is 0 Å². The first-order chi connectivity index (χ1) is 11.7. The second-order valence-electron chi connectivity index (χ2n) is 5.74. The summed E-state index contributed by atoms with van der Waals surface area (Å²) in [6.45, 7) is 3.95. The summed E-state index contributed by atoms with van der Waals surface area (Å²) >= 11 is 0. The van der Waals surface area contributed by atoms with Gasteiger partial charge in [-0.3, -0.25) is 9.97 Å². The SMILES string of the molecule is Cc1cccc(-c2nc3ccccc3nc2-c2cccc(C)n2)n1.